The summed E-state index contributed by atoms with van der Waals surface area (Å²) < 4.78 is 4.52. The van der Waals surface area contributed by atoms with Gasteiger partial charge in [0.1, 0.15) is 5.78 Å². The van der Waals surface area contributed by atoms with Crippen molar-refractivity contribution < 1.29 is 14.3 Å². The maximum absolute atomic E-state index is 11.3. The summed E-state index contributed by atoms with van der Waals surface area (Å²) in [6.45, 7) is 5.76. The topological polar surface area (TPSA) is 43.4 Å². The van der Waals surface area contributed by atoms with Gasteiger partial charge < -0.3 is 4.74 Å². The van der Waals surface area contributed by atoms with Crippen LogP contribution in [0.3, 0.4) is 0 Å². The van der Waals surface area contributed by atoms with Crippen molar-refractivity contribution >= 4 is 11.8 Å². The molecule has 0 N–H and O–H groups in total. The number of rotatable bonds is 3. The Labute approximate surface area is 90.5 Å². The van der Waals surface area contributed by atoms with E-state index in [1.54, 1.807) is 6.92 Å². The molecule has 1 saturated carbocycles. The summed E-state index contributed by atoms with van der Waals surface area (Å²) in [6.07, 6.45) is 4.14. The van der Waals surface area contributed by atoms with Gasteiger partial charge in [-0.25, -0.2) is 4.79 Å². The smallest absolute Gasteiger partial charge is 0.330 e. The first-order valence-corrected chi connectivity index (χ1v) is 5.16. The molecule has 0 aromatic rings. The number of hydrogen-bond donors (Lipinski definition) is 0. The third-order valence-electron chi connectivity index (χ3n) is 3.50. The molecule has 1 aliphatic rings. The lowest BCUT2D eigenvalue weighted by Gasteiger charge is -2.49. The molecule has 0 aromatic carbocycles. The normalized spacial score (nSPS) is 28.5. The van der Waals surface area contributed by atoms with E-state index in [1.807, 2.05) is 6.08 Å². The molecule has 2 atom stereocenters. The van der Waals surface area contributed by atoms with Crippen molar-refractivity contribution in [1.82, 2.24) is 0 Å². The van der Waals surface area contributed by atoms with E-state index in [-0.39, 0.29) is 23.1 Å². The molecule has 15 heavy (non-hydrogen) atoms. The Bertz CT molecular complexity index is 302. The van der Waals surface area contributed by atoms with E-state index in [0.717, 1.165) is 6.42 Å². The van der Waals surface area contributed by atoms with Crippen LogP contribution >= 0.6 is 0 Å². The quantitative estimate of drug-likeness (QED) is 0.528. The van der Waals surface area contributed by atoms with Crippen molar-refractivity contribution in [3.63, 3.8) is 0 Å². The molecule has 0 amide bonds. The zero-order valence-electron chi connectivity index (χ0n) is 9.74. The molecule has 84 valence electrons. The van der Waals surface area contributed by atoms with Crippen LogP contribution < -0.4 is 0 Å². The molecule has 0 saturated heterocycles. The Hall–Kier alpha value is -1.12. The van der Waals surface area contributed by atoms with Crippen LogP contribution in [-0.2, 0) is 14.3 Å². The van der Waals surface area contributed by atoms with Crippen LogP contribution in [-0.4, -0.2) is 18.9 Å². The van der Waals surface area contributed by atoms with Gasteiger partial charge in [-0.05, 0) is 24.7 Å². The Kier molecular flexibility index (Phi) is 3.32. The summed E-state index contributed by atoms with van der Waals surface area (Å²) in [5.41, 5.74) is -0.0314. The molecule has 0 bridgehead atoms. The zero-order chi connectivity index (χ0) is 11.6. The van der Waals surface area contributed by atoms with Crippen molar-refractivity contribution in [2.24, 2.45) is 17.3 Å². The molecule has 1 aliphatic carbocycles. The summed E-state index contributed by atoms with van der Waals surface area (Å²) in [5.74, 6) is 0.329. The van der Waals surface area contributed by atoms with Gasteiger partial charge in [0.15, 0.2) is 0 Å². The van der Waals surface area contributed by atoms with E-state index in [2.05, 4.69) is 18.6 Å². The van der Waals surface area contributed by atoms with E-state index < -0.39 is 0 Å². The number of Topliss-reactive ketones (excluding diaryl/α,β-unsaturated/α-hetero) is 1. The maximum Gasteiger partial charge on any atom is 0.330 e. The molecule has 1 rings (SSSR count). The Morgan fingerprint density at radius 1 is 1.40 bits per heavy atom. The first-order valence-electron chi connectivity index (χ1n) is 5.16. The second-order valence-electron chi connectivity index (χ2n) is 4.71. The van der Waals surface area contributed by atoms with E-state index in [0.29, 0.717) is 5.92 Å². The van der Waals surface area contributed by atoms with E-state index in [9.17, 15) is 9.59 Å². The first-order chi connectivity index (χ1) is 6.89. The molecule has 0 radical (unpaired) electrons. The number of hydrogen-bond acceptors (Lipinski definition) is 3. The fourth-order valence-corrected chi connectivity index (χ4v) is 2.24. The van der Waals surface area contributed by atoms with Gasteiger partial charge in [0.25, 0.3) is 0 Å². The maximum atomic E-state index is 11.3. The average molecular weight is 210 g/mol. The van der Waals surface area contributed by atoms with Gasteiger partial charge in [-0.15, -0.1) is 0 Å². The molecule has 1 fully saturated rings. The SMILES string of the molecule is COC(=O)/C=C\[C@H]1C[C@@H](C(C)=O)C1(C)C. The minimum absolute atomic E-state index is 0.0314. The van der Waals surface area contributed by atoms with Gasteiger partial charge in [-0.2, -0.15) is 0 Å². The van der Waals surface area contributed by atoms with Crippen molar-refractivity contribution in [3.8, 4) is 0 Å². The molecule has 0 heterocycles. The standard InChI is InChI=1S/C12H18O3/c1-8(13)10-7-9(12(10,2)3)5-6-11(14)15-4/h5-6,9-10H,7H2,1-4H3/b6-5-/t9-,10-/m0/s1. The van der Waals surface area contributed by atoms with Crippen LogP contribution in [0.4, 0.5) is 0 Å². The van der Waals surface area contributed by atoms with E-state index in [1.165, 1.54) is 13.2 Å². The highest BCUT2D eigenvalue weighted by molar-refractivity contribution is 5.82. The monoisotopic (exact) mass is 210 g/mol. The summed E-state index contributed by atoms with van der Waals surface area (Å²) in [4.78, 5) is 22.2. The van der Waals surface area contributed by atoms with Crippen LogP contribution in [0.5, 0.6) is 0 Å². The van der Waals surface area contributed by atoms with E-state index >= 15 is 0 Å². The fraction of sp³-hybridized carbons (Fsp3) is 0.667. The third-order valence-corrected chi connectivity index (χ3v) is 3.50. The number of esters is 1. The molecule has 0 spiro atoms. The molecule has 0 aromatic heterocycles. The Morgan fingerprint density at radius 2 is 2.00 bits per heavy atom. The third kappa shape index (κ3) is 2.28. The molecule has 0 aliphatic heterocycles. The number of ether oxygens (including phenoxy) is 1. The highest BCUT2D eigenvalue weighted by Crippen LogP contribution is 2.52. The summed E-state index contributed by atoms with van der Waals surface area (Å²) >= 11 is 0. The lowest BCUT2D eigenvalue weighted by molar-refractivity contribution is -0.135. The second kappa shape index (κ2) is 4.17. The number of methoxy groups -OCH3 is 1. The lowest BCUT2D eigenvalue weighted by Crippen LogP contribution is -2.47. The highest BCUT2D eigenvalue weighted by Gasteiger charge is 2.48. The fourth-order valence-electron chi connectivity index (χ4n) is 2.24. The van der Waals surface area contributed by atoms with Crippen molar-refractivity contribution in [1.29, 1.82) is 0 Å². The summed E-state index contributed by atoms with van der Waals surface area (Å²) in [7, 11) is 1.36. The molecular weight excluding hydrogens is 192 g/mol. The van der Waals surface area contributed by atoms with Gasteiger partial charge in [0.05, 0.1) is 7.11 Å². The number of allylic oxidation sites excluding steroid dienone is 1. The average Bonchev–Trinajstić information content (AvgIpc) is 2.15. The summed E-state index contributed by atoms with van der Waals surface area (Å²) in [5, 5.41) is 0. The Morgan fingerprint density at radius 3 is 2.40 bits per heavy atom. The number of ketones is 1. The minimum Gasteiger partial charge on any atom is -0.466 e. The van der Waals surface area contributed by atoms with Crippen LogP contribution in [0.1, 0.15) is 27.2 Å². The largest absolute Gasteiger partial charge is 0.466 e. The van der Waals surface area contributed by atoms with Crippen LogP contribution in [0.15, 0.2) is 12.2 Å². The van der Waals surface area contributed by atoms with Crippen LogP contribution in [0.2, 0.25) is 0 Å². The van der Waals surface area contributed by atoms with Crippen LogP contribution in [0.25, 0.3) is 0 Å². The Balaban J connectivity index is 2.59. The first kappa shape index (κ1) is 12.0. The van der Waals surface area contributed by atoms with Crippen molar-refractivity contribution in [2.75, 3.05) is 7.11 Å². The van der Waals surface area contributed by atoms with Crippen molar-refractivity contribution in [3.05, 3.63) is 12.2 Å². The van der Waals surface area contributed by atoms with Gasteiger partial charge in [-0.1, -0.05) is 19.9 Å². The zero-order valence-corrected chi connectivity index (χ0v) is 9.74. The van der Waals surface area contributed by atoms with Gasteiger partial charge in [0, 0.05) is 12.0 Å². The molecule has 0 unspecified atom stereocenters. The van der Waals surface area contributed by atoms with Crippen molar-refractivity contribution in [2.45, 2.75) is 27.2 Å². The van der Waals surface area contributed by atoms with Gasteiger partial charge >= 0.3 is 5.97 Å². The molecule has 3 nitrogen and oxygen atoms in total. The lowest BCUT2D eigenvalue weighted by atomic mass is 9.53. The predicted molar refractivity (Wildman–Crippen MR) is 57.2 cm³/mol. The molecular formula is C12H18O3. The molecule has 3 heteroatoms. The highest BCUT2D eigenvalue weighted by atomic mass is 16.5. The minimum atomic E-state index is -0.336. The van der Waals surface area contributed by atoms with Gasteiger partial charge in [-0.3, -0.25) is 4.79 Å². The predicted octanol–water partition coefficient (Wildman–Crippen LogP) is 1.97. The number of carbonyl (C=O) groups is 2. The second-order valence-corrected chi connectivity index (χ2v) is 4.71. The van der Waals surface area contributed by atoms with Crippen LogP contribution in [0, 0.1) is 17.3 Å². The number of carbonyl (C=O) groups excluding carboxylic acids is 2. The van der Waals surface area contributed by atoms with E-state index in [4.69, 9.17) is 0 Å². The summed E-state index contributed by atoms with van der Waals surface area (Å²) in [6, 6.07) is 0. The van der Waals surface area contributed by atoms with Gasteiger partial charge in [0.2, 0.25) is 0 Å².